The number of aromatic amines is 1. The number of nitrogens with one attached hydrogen (secondary N) is 1. The summed E-state index contributed by atoms with van der Waals surface area (Å²) in [4.78, 5) is 15.5. The van der Waals surface area contributed by atoms with Crippen LogP contribution in [0.15, 0.2) is 48.9 Å². The first-order valence-corrected chi connectivity index (χ1v) is 6.43. The van der Waals surface area contributed by atoms with Crippen LogP contribution in [0.2, 0.25) is 0 Å². The van der Waals surface area contributed by atoms with Gasteiger partial charge in [0.25, 0.3) is 0 Å². The van der Waals surface area contributed by atoms with Crippen LogP contribution in [0.4, 0.5) is 0 Å². The standard InChI is InChI=1S/C15H11N5O/c16-15(21)9-1-3-12-11(7-9)14(19-18-12)10-2-4-13-17-5-6-20(13)8-10/h1-8H,(H2,16,21)(H,18,19). The number of benzene rings is 1. The third-order valence-corrected chi connectivity index (χ3v) is 3.51. The lowest BCUT2D eigenvalue weighted by molar-refractivity contribution is 0.100. The van der Waals surface area contributed by atoms with Gasteiger partial charge in [0.15, 0.2) is 0 Å². The molecule has 0 bridgehead atoms. The first kappa shape index (κ1) is 11.7. The molecule has 0 saturated heterocycles. The lowest BCUT2D eigenvalue weighted by Crippen LogP contribution is -2.10. The maximum absolute atomic E-state index is 11.3. The summed E-state index contributed by atoms with van der Waals surface area (Å²) >= 11 is 0. The number of rotatable bonds is 2. The van der Waals surface area contributed by atoms with E-state index >= 15 is 0 Å². The van der Waals surface area contributed by atoms with Crippen LogP contribution in [-0.4, -0.2) is 25.5 Å². The topological polar surface area (TPSA) is 89.1 Å². The second-order valence-corrected chi connectivity index (χ2v) is 4.81. The highest BCUT2D eigenvalue weighted by molar-refractivity contribution is 6.00. The van der Waals surface area contributed by atoms with Crippen molar-refractivity contribution < 1.29 is 4.79 Å². The van der Waals surface area contributed by atoms with Crippen LogP contribution < -0.4 is 5.73 Å². The highest BCUT2D eigenvalue weighted by Gasteiger charge is 2.11. The van der Waals surface area contributed by atoms with Gasteiger partial charge in [0, 0.05) is 35.1 Å². The number of carbonyl (C=O) groups excluding carboxylic acids is 1. The molecular weight excluding hydrogens is 266 g/mol. The Labute approximate surface area is 119 Å². The lowest BCUT2D eigenvalue weighted by Gasteiger charge is -2.01. The summed E-state index contributed by atoms with van der Waals surface area (Å²) in [5.74, 6) is -0.450. The van der Waals surface area contributed by atoms with E-state index in [-0.39, 0.29) is 0 Å². The molecule has 21 heavy (non-hydrogen) atoms. The van der Waals surface area contributed by atoms with Crippen molar-refractivity contribution in [2.24, 2.45) is 5.73 Å². The second-order valence-electron chi connectivity index (χ2n) is 4.81. The van der Waals surface area contributed by atoms with Crippen molar-refractivity contribution in [3.63, 3.8) is 0 Å². The van der Waals surface area contributed by atoms with Gasteiger partial charge in [-0.3, -0.25) is 9.89 Å². The average molecular weight is 277 g/mol. The summed E-state index contributed by atoms with van der Waals surface area (Å²) in [6.07, 6.45) is 5.57. The van der Waals surface area contributed by atoms with Gasteiger partial charge in [0.05, 0.1) is 5.52 Å². The molecule has 6 nitrogen and oxygen atoms in total. The Bertz CT molecular complexity index is 982. The molecule has 0 aliphatic rings. The molecule has 1 amide bonds. The van der Waals surface area contributed by atoms with E-state index in [0.29, 0.717) is 5.56 Å². The van der Waals surface area contributed by atoms with Crippen LogP contribution >= 0.6 is 0 Å². The smallest absolute Gasteiger partial charge is 0.248 e. The minimum absolute atomic E-state index is 0.450. The van der Waals surface area contributed by atoms with Crippen LogP contribution in [0.3, 0.4) is 0 Å². The zero-order valence-electron chi connectivity index (χ0n) is 10.9. The maximum atomic E-state index is 11.3. The molecule has 1 aromatic carbocycles. The Balaban J connectivity index is 1.96. The van der Waals surface area contributed by atoms with E-state index in [1.54, 1.807) is 18.3 Å². The summed E-state index contributed by atoms with van der Waals surface area (Å²) in [5.41, 5.74) is 9.26. The van der Waals surface area contributed by atoms with Gasteiger partial charge >= 0.3 is 0 Å². The fraction of sp³-hybridized carbons (Fsp3) is 0. The highest BCUT2D eigenvalue weighted by Crippen LogP contribution is 2.27. The monoisotopic (exact) mass is 277 g/mol. The molecule has 4 aromatic rings. The molecule has 0 aliphatic carbocycles. The number of aromatic nitrogens is 4. The van der Waals surface area contributed by atoms with Gasteiger partial charge < -0.3 is 10.1 Å². The number of nitrogens with zero attached hydrogens (tertiary/aromatic N) is 3. The number of nitrogens with two attached hydrogens (primary N) is 1. The Morgan fingerprint density at radius 2 is 2.14 bits per heavy atom. The summed E-state index contributed by atoms with van der Waals surface area (Å²) < 4.78 is 1.92. The molecule has 6 heteroatoms. The van der Waals surface area contributed by atoms with Crippen LogP contribution in [-0.2, 0) is 0 Å². The summed E-state index contributed by atoms with van der Waals surface area (Å²) in [7, 11) is 0. The van der Waals surface area contributed by atoms with Crippen molar-refractivity contribution in [2.45, 2.75) is 0 Å². The average Bonchev–Trinajstić information content (AvgIpc) is 3.12. The van der Waals surface area contributed by atoms with E-state index in [4.69, 9.17) is 5.73 Å². The molecule has 3 heterocycles. The van der Waals surface area contributed by atoms with Gasteiger partial charge in [-0.1, -0.05) is 0 Å². The van der Waals surface area contributed by atoms with E-state index in [1.165, 1.54) is 0 Å². The summed E-state index contributed by atoms with van der Waals surface area (Å²) in [6.45, 7) is 0. The molecule has 0 unspecified atom stereocenters. The first-order valence-electron chi connectivity index (χ1n) is 6.43. The Kier molecular flexibility index (Phi) is 2.32. The number of hydrogen-bond acceptors (Lipinski definition) is 3. The molecule has 0 saturated carbocycles. The lowest BCUT2D eigenvalue weighted by atomic mass is 10.1. The second kappa shape index (κ2) is 4.17. The Hall–Kier alpha value is -3.15. The minimum Gasteiger partial charge on any atom is -0.366 e. The molecular formula is C15H11N5O. The number of hydrogen-bond donors (Lipinski definition) is 2. The number of primary amides is 1. The normalized spacial score (nSPS) is 11.2. The maximum Gasteiger partial charge on any atom is 0.248 e. The quantitative estimate of drug-likeness (QED) is 0.587. The Morgan fingerprint density at radius 1 is 1.24 bits per heavy atom. The number of H-pyrrole nitrogens is 1. The molecule has 4 rings (SSSR count). The van der Waals surface area contributed by atoms with Crippen molar-refractivity contribution in [2.75, 3.05) is 0 Å². The Morgan fingerprint density at radius 3 is 3.00 bits per heavy atom. The number of fused-ring (bicyclic) bond motifs is 2. The van der Waals surface area contributed by atoms with Crippen molar-refractivity contribution in [3.05, 3.63) is 54.5 Å². The van der Waals surface area contributed by atoms with Gasteiger partial charge in [-0.25, -0.2) is 4.98 Å². The van der Waals surface area contributed by atoms with Gasteiger partial charge in [-0.15, -0.1) is 0 Å². The first-order chi connectivity index (χ1) is 10.2. The largest absolute Gasteiger partial charge is 0.366 e. The predicted octanol–water partition coefficient (Wildman–Crippen LogP) is 1.98. The van der Waals surface area contributed by atoms with E-state index < -0.39 is 5.91 Å². The van der Waals surface area contributed by atoms with E-state index in [1.807, 2.05) is 35.0 Å². The van der Waals surface area contributed by atoms with E-state index in [2.05, 4.69) is 15.2 Å². The van der Waals surface area contributed by atoms with E-state index in [0.717, 1.165) is 27.8 Å². The molecule has 0 spiro atoms. The number of amides is 1. The fourth-order valence-electron chi connectivity index (χ4n) is 2.45. The summed E-state index contributed by atoms with van der Waals surface area (Å²) in [6, 6.07) is 9.13. The van der Waals surface area contributed by atoms with E-state index in [9.17, 15) is 4.79 Å². The molecule has 0 radical (unpaired) electrons. The van der Waals surface area contributed by atoms with Crippen molar-refractivity contribution in [1.29, 1.82) is 0 Å². The fourth-order valence-corrected chi connectivity index (χ4v) is 2.45. The van der Waals surface area contributed by atoms with Crippen molar-refractivity contribution in [3.8, 4) is 11.3 Å². The highest BCUT2D eigenvalue weighted by atomic mass is 16.1. The van der Waals surface area contributed by atoms with Crippen LogP contribution in [0.5, 0.6) is 0 Å². The SMILES string of the molecule is NC(=O)c1ccc2[nH]nc(-c3ccc4nccn4c3)c2c1. The zero-order chi connectivity index (χ0) is 14.4. The van der Waals surface area contributed by atoms with Gasteiger partial charge in [0.2, 0.25) is 5.91 Å². The summed E-state index contributed by atoms with van der Waals surface area (Å²) in [5, 5.41) is 8.18. The minimum atomic E-state index is -0.450. The number of pyridine rings is 1. The van der Waals surface area contributed by atoms with Gasteiger partial charge in [-0.05, 0) is 30.3 Å². The zero-order valence-corrected chi connectivity index (χ0v) is 10.9. The van der Waals surface area contributed by atoms with Crippen LogP contribution in [0, 0.1) is 0 Å². The molecule has 3 N–H and O–H groups in total. The predicted molar refractivity (Wildman–Crippen MR) is 78.8 cm³/mol. The molecule has 3 aromatic heterocycles. The third kappa shape index (κ3) is 1.77. The van der Waals surface area contributed by atoms with Gasteiger partial charge in [0.1, 0.15) is 11.3 Å². The van der Waals surface area contributed by atoms with Crippen molar-refractivity contribution >= 4 is 22.5 Å². The van der Waals surface area contributed by atoms with Gasteiger partial charge in [-0.2, -0.15) is 5.10 Å². The third-order valence-electron chi connectivity index (χ3n) is 3.51. The number of carbonyl (C=O) groups is 1. The molecule has 0 aliphatic heterocycles. The molecule has 102 valence electrons. The van der Waals surface area contributed by atoms with Crippen LogP contribution in [0.1, 0.15) is 10.4 Å². The van der Waals surface area contributed by atoms with Crippen LogP contribution in [0.25, 0.3) is 27.8 Å². The number of imidazole rings is 1. The van der Waals surface area contributed by atoms with Crippen molar-refractivity contribution in [1.82, 2.24) is 19.6 Å². The molecule has 0 atom stereocenters. The molecule has 0 fully saturated rings.